The van der Waals surface area contributed by atoms with Crippen molar-refractivity contribution in [2.45, 2.75) is 89.5 Å². The lowest BCUT2D eigenvalue weighted by Crippen LogP contribution is -2.51. The van der Waals surface area contributed by atoms with Crippen LogP contribution in [0.4, 0.5) is 0 Å². The topological polar surface area (TPSA) is 63.2 Å². The molecule has 6 heteroatoms. The molecule has 196 valence electrons. The highest BCUT2D eigenvalue weighted by Gasteiger charge is 2.43. The molecule has 9 atom stereocenters. The minimum atomic E-state index is -0.435. The van der Waals surface area contributed by atoms with Gasteiger partial charge in [0.05, 0.1) is 30.3 Å². The Morgan fingerprint density at radius 3 is 2.17 bits per heavy atom. The van der Waals surface area contributed by atoms with E-state index < -0.39 is 5.92 Å². The quantitative estimate of drug-likeness (QED) is 0.411. The minimum Gasteiger partial charge on any atom is -0.457 e. The van der Waals surface area contributed by atoms with E-state index in [0.29, 0.717) is 0 Å². The summed E-state index contributed by atoms with van der Waals surface area (Å²) >= 11 is 0. The molecule has 3 rings (SSSR count). The van der Waals surface area contributed by atoms with E-state index in [9.17, 15) is 4.79 Å². The third-order valence-corrected chi connectivity index (χ3v) is 7.71. The fraction of sp³-hybridized carbons (Fsp3) is 0.690. The Balaban J connectivity index is 1.91. The summed E-state index contributed by atoms with van der Waals surface area (Å²) in [4.78, 5) is 13.4. The average Bonchev–Trinajstić information content (AvgIpc) is 2.88. The molecule has 6 nitrogen and oxygen atoms in total. The number of carbonyl (C=O) groups excluding carboxylic acids is 1. The summed E-state index contributed by atoms with van der Waals surface area (Å²) in [6, 6.07) is 10.0. The van der Waals surface area contributed by atoms with Crippen molar-refractivity contribution >= 4 is 5.97 Å². The van der Waals surface area contributed by atoms with Gasteiger partial charge in [-0.3, -0.25) is 4.79 Å². The molecule has 1 fully saturated rings. The second kappa shape index (κ2) is 13.5. The van der Waals surface area contributed by atoms with Crippen LogP contribution < -0.4 is 0 Å². The third kappa shape index (κ3) is 7.16. The largest absolute Gasteiger partial charge is 0.457 e. The van der Waals surface area contributed by atoms with Gasteiger partial charge in [0.1, 0.15) is 12.2 Å². The molecule has 0 radical (unpaired) electrons. The third-order valence-electron chi connectivity index (χ3n) is 7.71. The van der Waals surface area contributed by atoms with Crippen molar-refractivity contribution in [2.24, 2.45) is 17.8 Å². The molecule has 0 spiro atoms. The van der Waals surface area contributed by atoms with Crippen LogP contribution >= 0.6 is 0 Å². The van der Waals surface area contributed by atoms with E-state index in [4.69, 9.17) is 23.7 Å². The van der Waals surface area contributed by atoms with Gasteiger partial charge in [0.15, 0.2) is 0 Å². The standard InChI is InChI=1S/C29H44O6/c1-19-16-17-25(32-5)24(31-4)15-11-10-14-23(22-12-8-7-9-13-22)34-29(30)21(3)28-26(33-6)18-20(2)27(19)35-28/h7-9,12-13,16-17,19-21,23-28H,10-11,14-15,18H2,1-6H3/b17-16+/t19-,20-,21-,23-,24-,25+,26+,27-,28+/m0/s1. The summed E-state index contributed by atoms with van der Waals surface area (Å²) in [5.74, 6) is -0.235. The van der Waals surface area contributed by atoms with Gasteiger partial charge >= 0.3 is 5.97 Å². The second-order valence-corrected chi connectivity index (χ2v) is 10.2. The van der Waals surface area contributed by atoms with E-state index in [2.05, 4.69) is 26.0 Å². The maximum absolute atomic E-state index is 13.4. The molecule has 0 N–H and O–H groups in total. The van der Waals surface area contributed by atoms with Gasteiger partial charge in [-0.25, -0.2) is 0 Å². The van der Waals surface area contributed by atoms with Crippen molar-refractivity contribution in [1.29, 1.82) is 0 Å². The van der Waals surface area contributed by atoms with E-state index in [-0.39, 0.29) is 54.4 Å². The van der Waals surface area contributed by atoms with Crippen LogP contribution in [0.15, 0.2) is 42.5 Å². The molecule has 2 bridgehead atoms. The highest BCUT2D eigenvalue weighted by atomic mass is 16.6. The van der Waals surface area contributed by atoms with E-state index in [1.54, 1.807) is 21.3 Å². The number of rotatable bonds is 4. The number of esters is 1. The van der Waals surface area contributed by atoms with Crippen molar-refractivity contribution in [1.82, 2.24) is 0 Å². The van der Waals surface area contributed by atoms with Gasteiger partial charge in [-0.05, 0) is 44.1 Å². The molecule has 1 aromatic rings. The molecule has 0 aromatic heterocycles. The molecule has 0 unspecified atom stereocenters. The molecule has 2 aliphatic rings. The number of hydrogen-bond donors (Lipinski definition) is 0. The first-order valence-corrected chi connectivity index (χ1v) is 13.1. The number of fused-ring (bicyclic) bond motifs is 2. The molecular formula is C29H44O6. The fourth-order valence-corrected chi connectivity index (χ4v) is 5.53. The summed E-state index contributed by atoms with van der Waals surface area (Å²) in [5.41, 5.74) is 1.02. The lowest BCUT2D eigenvalue weighted by molar-refractivity contribution is -0.194. The zero-order valence-corrected chi connectivity index (χ0v) is 22.2. The SMILES string of the molecule is CO[C@H]1CCCC[C@@H](c2ccccc2)OC(=O)[C@@H](C)[C@H]2O[C@@H]([C@@H](C)/C=C/[C@H]1OC)[C@@H](C)C[C@H]2OC. The zero-order valence-electron chi connectivity index (χ0n) is 22.2. The Kier molecular flexibility index (Phi) is 10.8. The first kappa shape index (κ1) is 27.9. The van der Waals surface area contributed by atoms with Gasteiger partial charge in [0.2, 0.25) is 0 Å². The highest BCUT2D eigenvalue weighted by Crippen LogP contribution is 2.36. The Bertz CT molecular complexity index is 796. The molecule has 1 aromatic carbocycles. The molecule has 0 aliphatic carbocycles. The van der Waals surface area contributed by atoms with E-state index >= 15 is 0 Å². The lowest BCUT2D eigenvalue weighted by atomic mass is 9.81. The summed E-state index contributed by atoms with van der Waals surface area (Å²) < 4.78 is 30.1. The Morgan fingerprint density at radius 1 is 0.829 bits per heavy atom. The first-order valence-electron chi connectivity index (χ1n) is 13.1. The van der Waals surface area contributed by atoms with E-state index in [1.165, 1.54) is 0 Å². The lowest BCUT2D eigenvalue weighted by Gasteiger charge is -2.43. The van der Waals surface area contributed by atoms with Gasteiger partial charge in [-0.2, -0.15) is 0 Å². The number of methoxy groups -OCH3 is 3. The first-order chi connectivity index (χ1) is 16.9. The van der Waals surface area contributed by atoms with Crippen LogP contribution in [-0.2, 0) is 28.5 Å². The predicted octanol–water partition coefficient (Wildman–Crippen LogP) is 5.51. The van der Waals surface area contributed by atoms with Crippen LogP contribution in [0.5, 0.6) is 0 Å². The van der Waals surface area contributed by atoms with Crippen LogP contribution in [0, 0.1) is 17.8 Å². The number of benzene rings is 1. The maximum Gasteiger partial charge on any atom is 0.312 e. The zero-order chi connectivity index (χ0) is 25.4. The van der Waals surface area contributed by atoms with Crippen LogP contribution in [0.3, 0.4) is 0 Å². The molecule has 0 amide bonds. The van der Waals surface area contributed by atoms with Gasteiger partial charge < -0.3 is 23.7 Å². The predicted molar refractivity (Wildman–Crippen MR) is 136 cm³/mol. The minimum absolute atomic E-state index is 0.0331. The number of hydrogen-bond acceptors (Lipinski definition) is 6. The Hall–Kier alpha value is -1.73. The molecular weight excluding hydrogens is 444 g/mol. The summed E-state index contributed by atoms with van der Waals surface area (Å²) in [6.07, 6.45) is 7.60. The normalized spacial score (nSPS) is 38.5. The number of ether oxygens (including phenoxy) is 5. The van der Waals surface area contributed by atoms with Gasteiger partial charge in [-0.1, -0.05) is 62.8 Å². The van der Waals surface area contributed by atoms with Crippen molar-refractivity contribution in [3.8, 4) is 0 Å². The van der Waals surface area contributed by atoms with Crippen molar-refractivity contribution in [3.63, 3.8) is 0 Å². The number of cyclic esters (lactones) is 1. The molecule has 35 heavy (non-hydrogen) atoms. The number of carbonyl (C=O) groups is 1. The van der Waals surface area contributed by atoms with Crippen LogP contribution in [-0.4, -0.2) is 57.8 Å². The summed E-state index contributed by atoms with van der Waals surface area (Å²) in [6.45, 7) is 6.26. The van der Waals surface area contributed by atoms with Gasteiger partial charge in [0, 0.05) is 27.2 Å². The van der Waals surface area contributed by atoms with Crippen molar-refractivity contribution < 1.29 is 28.5 Å². The maximum atomic E-state index is 13.4. The highest BCUT2D eigenvalue weighted by molar-refractivity contribution is 5.73. The smallest absolute Gasteiger partial charge is 0.312 e. The van der Waals surface area contributed by atoms with Crippen molar-refractivity contribution in [2.75, 3.05) is 21.3 Å². The Labute approximate surface area is 211 Å². The Morgan fingerprint density at radius 2 is 1.51 bits per heavy atom. The van der Waals surface area contributed by atoms with Gasteiger partial charge in [0.25, 0.3) is 0 Å². The molecule has 2 heterocycles. The van der Waals surface area contributed by atoms with Crippen LogP contribution in [0.2, 0.25) is 0 Å². The molecule has 2 aliphatic heterocycles. The second-order valence-electron chi connectivity index (χ2n) is 10.2. The molecule has 1 saturated heterocycles. The summed E-state index contributed by atoms with van der Waals surface area (Å²) in [5, 5.41) is 0. The average molecular weight is 489 g/mol. The van der Waals surface area contributed by atoms with Crippen LogP contribution in [0.25, 0.3) is 0 Å². The van der Waals surface area contributed by atoms with E-state index in [0.717, 1.165) is 37.7 Å². The van der Waals surface area contributed by atoms with Gasteiger partial charge in [-0.15, -0.1) is 0 Å². The van der Waals surface area contributed by atoms with Crippen molar-refractivity contribution in [3.05, 3.63) is 48.0 Å². The van der Waals surface area contributed by atoms with E-state index in [1.807, 2.05) is 37.3 Å². The van der Waals surface area contributed by atoms with Crippen LogP contribution in [0.1, 0.15) is 64.5 Å². The fourth-order valence-electron chi connectivity index (χ4n) is 5.53. The summed E-state index contributed by atoms with van der Waals surface area (Å²) in [7, 11) is 5.17. The molecule has 0 saturated carbocycles. The monoisotopic (exact) mass is 488 g/mol.